The van der Waals surface area contributed by atoms with E-state index in [1.807, 2.05) is 0 Å². The molecule has 0 spiro atoms. The molecular weight excluding hydrogens is 279 g/mol. The van der Waals surface area contributed by atoms with Crippen LogP contribution in [0.25, 0.3) is 11.1 Å². The van der Waals surface area contributed by atoms with Crippen LogP contribution in [0.4, 0.5) is 18.9 Å². The highest BCUT2D eigenvalue weighted by molar-refractivity contribution is 6.03. The number of hydrogen-bond donors (Lipinski definition) is 1. The first-order valence-corrected chi connectivity index (χ1v) is 6.49. The van der Waals surface area contributed by atoms with Gasteiger partial charge in [0.1, 0.15) is 0 Å². The molecule has 1 aliphatic heterocycles. The molecule has 2 aromatic carbocycles. The maximum absolute atomic E-state index is 12.8. The highest BCUT2D eigenvalue weighted by Gasteiger charge is 2.31. The molecule has 0 fully saturated rings. The van der Waals surface area contributed by atoms with Crippen molar-refractivity contribution in [3.8, 4) is 11.1 Å². The van der Waals surface area contributed by atoms with E-state index in [1.54, 1.807) is 31.2 Å². The van der Waals surface area contributed by atoms with Crippen molar-refractivity contribution in [3.63, 3.8) is 0 Å². The Hall–Kier alpha value is -2.30. The van der Waals surface area contributed by atoms with E-state index in [9.17, 15) is 18.0 Å². The lowest BCUT2D eigenvalue weighted by Crippen LogP contribution is -2.08. The lowest BCUT2D eigenvalue weighted by atomic mass is 9.96. The molecule has 0 saturated carbocycles. The Labute approximate surface area is 119 Å². The highest BCUT2D eigenvalue weighted by atomic mass is 19.4. The van der Waals surface area contributed by atoms with E-state index in [2.05, 4.69) is 5.32 Å². The van der Waals surface area contributed by atoms with Crippen LogP contribution in [0, 0.1) is 0 Å². The molecule has 0 aliphatic carbocycles. The van der Waals surface area contributed by atoms with Crippen LogP contribution < -0.4 is 5.32 Å². The number of halogens is 3. The lowest BCUT2D eigenvalue weighted by Gasteiger charge is -2.10. The van der Waals surface area contributed by atoms with Crippen molar-refractivity contribution in [2.75, 3.05) is 5.32 Å². The van der Waals surface area contributed by atoms with Crippen LogP contribution in [-0.2, 0) is 11.0 Å². The number of rotatable bonds is 1. The lowest BCUT2D eigenvalue weighted by molar-refractivity contribution is -0.137. The number of amides is 1. The molecule has 1 heterocycles. The van der Waals surface area contributed by atoms with E-state index in [4.69, 9.17) is 0 Å². The zero-order valence-corrected chi connectivity index (χ0v) is 11.2. The molecule has 1 unspecified atom stereocenters. The average molecular weight is 291 g/mol. The van der Waals surface area contributed by atoms with E-state index >= 15 is 0 Å². The molecule has 5 heteroatoms. The summed E-state index contributed by atoms with van der Waals surface area (Å²) in [5, 5.41) is 2.74. The van der Waals surface area contributed by atoms with Crippen molar-refractivity contribution in [3.05, 3.63) is 53.6 Å². The van der Waals surface area contributed by atoms with Crippen LogP contribution in [-0.4, -0.2) is 5.91 Å². The fourth-order valence-electron chi connectivity index (χ4n) is 2.47. The summed E-state index contributed by atoms with van der Waals surface area (Å²) in [5.74, 6) is -0.378. The van der Waals surface area contributed by atoms with Crippen LogP contribution in [0.2, 0.25) is 0 Å². The molecule has 3 rings (SSSR count). The maximum Gasteiger partial charge on any atom is 0.416 e. The zero-order valence-electron chi connectivity index (χ0n) is 11.2. The van der Waals surface area contributed by atoms with Gasteiger partial charge in [0.25, 0.3) is 0 Å². The zero-order chi connectivity index (χ0) is 15.2. The third kappa shape index (κ3) is 2.39. The van der Waals surface area contributed by atoms with E-state index in [1.165, 1.54) is 6.07 Å². The summed E-state index contributed by atoms with van der Waals surface area (Å²) >= 11 is 0. The van der Waals surface area contributed by atoms with Gasteiger partial charge in [-0.25, -0.2) is 0 Å². The molecule has 2 nitrogen and oxygen atoms in total. The summed E-state index contributed by atoms with van der Waals surface area (Å²) in [7, 11) is 0. The predicted octanol–water partition coefficient (Wildman–Crippen LogP) is 4.43. The third-order valence-electron chi connectivity index (χ3n) is 3.69. The van der Waals surface area contributed by atoms with Crippen molar-refractivity contribution in [1.29, 1.82) is 0 Å². The molecule has 1 atom stereocenters. The van der Waals surface area contributed by atoms with Gasteiger partial charge in [0.15, 0.2) is 0 Å². The third-order valence-corrected chi connectivity index (χ3v) is 3.69. The van der Waals surface area contributed by atoms with Gasteiger partial charge >= 0.3 is 6.18 Å². The second kappa shape index (κ2) is 4.62. The number of fused-ring (bicyclic) bond motifs is 1. The fourth-order valence-corrected chi connectivity index (χ4v) is 2.47. The highest BCUT2D eigenvalue weighted by Crippen LogP contribution is 2.37. The summed E-state index contributed by atoms with van der Waals surface area (Å²) in [4.78, 5) is 11.6. The van der Waals surface area contributed by atoms with Gasteiger partial charge in [0, 0.05) is 5.69 Å². The second-order valence-corrected chi connectivity index (χ2v) is 5.09. The van der Waals surface area contributed by atoms with E-state index in [0.717, 1.165) is 23.4 Å². The summed E-state index contributed by atoms with van der Waals surface area (Å²) in [6, 6.07) is 10.4. The standard InChI is InChI=1S/C16H12F3NO/c1-9-13-8-11(5-6-14(13)20-15(9)21)10-3-2-4-12(7-10)16(17,18)19/h2-9H,1H3,(H,20,21). The first-order valence-electron chi connectivity index (χ1n) is 6.49. The summed E-state index contributed by atoms with van der Waals surface area (Å²) in [5.41, 5.74) is 2.02. The Morgan fingerprint density at radius 1 is 1.05 bits per heavy atom. The van der Waals surface area contributed by atoms with Crippen molar-refractivity contribution in [2.24, 2.45) is 0 Å². The molecule has 21 heavy (non-hydrogen) atoms. The molecule has 108 valence electrons. The average Bonchev–Trinajstić information content (AvgIpc) is 2.73. The molecule has 0 radical (unpaired) electrons. The monoisotopic (exact) mass is 291 g/mol. The molecule has 0 saturated heterocycles. The van der Waals surface area contributed by atoms with E-state index in [0.29, 0.717) is 11.1 Å². The van der Waals surface area contributed by atoms with Crippen molar-refractivity contribution < 1.29 is 18.0 Å². The number of nitrogens with one attached hydrogen (secondary N) is 1. The van der Waals surface area contributed by atoms with Gasteiger partial charge in [-0.2, -0.15) is 13.2 Å². The minimum atomic E-state index is -4.36. The van der Waals surface area contributed by atoms with Crippen LogP contribution in [0.1, 0.15) is 24.0 Å². The molecule has 1 N–H and O–H groups in total. The SMILES string of the molecule is CC1C(=O)Nc2ccc(-c3cccc(C(F)(F)F)c3)cc21. The normalized spacial score (nSPS) is 17.5. The second-order valence-electron chi connectivity index (χ2n) is 5.09. The van der Waals surface area contributed by atoms with Gasteiger partial charge in [-0.05, 0) is 47.9 Å². The van der Waals surface area contributed by atoms with Crippen LogP contribution in [0.3, 0.4) is 0 Å². The van der Waals surface area contributed by atoms with Gasteiger partial charge in [-0.3, -0.25) is 4.79 Å². The Balaban J connectivity index is 2.05. The Morgan fingerprint density at radius 3 is 2.48 bits per heavy atom. The number of anilines is 1. The van der Waals surface area contributed by atoms with Gasteiger partial charge in [-0.15, -0.1) is 0 Å². The largest absolute Gasteiger partial charge is 0.416 e. The minimum absolute atomic E-state index is 0.0915. The quantitative estimate of drug-likeness (QED) is 0.827. The molecule has 1 aliphatic rings. The first kappa shape index (κ1) is 13.7. The van der Waals surface area contributed by atoms with Gasteiger partial charge in [0.2, 0.25) is 5.91 Å². The van der Waals surface area contributed by atoms with E-state index < -0.39 is 11.7 Å². The molecule has 1 amide bonds. The molecular formula is C16H12F3NO. The smallest absolute Gasteiger partial charge is 0.325 e. The van der Waals surface area contributed by atoms with Crippen molar-refractivity contribution in [2.45, 2.75) is 19.0 Å². The number of hydrogen-bond acceptors (Lipinski definition) is 1. The Kier molecular flexibility index (Phi) is 3.01. The van der Waals surface area contributed by atoms with Crippen molar-refractivity contribution >= 4 is 11.6 Å². The maximum atomic E-state index is 12.8. The summed E-state index contributed by atoms with van der Waals surface area (Å²) < 4.78 is 38.3. The Bertz CT molecular complexity index is 722. The summed E-state index contributed by atoms with van der Waals surface area (Å²) in [6.45, 7) is 1.77. The summed E-state index contributed by atoms with van der Waals surface area (Å²) in [6.07, 6.45) is -4.36. The number of carbonyl (C=O) groups excluding carboxylic acids is 1. The van der Waals surface area contributed by atoms with Gasteiger partial charge < -0.3 is 5.32 Å². The first-order chi connectivity index (χ1) is 9.86. The Morgan fingerprint density at radius 2 is 1.76 bits per heavy atom. The van der Waals surface area contributed by atoms with E-state index in [-0.39, 0.29) is 11.8 Å². The number of benzene rings is 2. The topological polar surface area (TPSA) is 29.1 Å². The minimum Gasteiger partial charge on any atom is -0.325 e. The number of alkyl halides is 3. The van der Waals surface area contributed by atoms with Gasteiger partial charge in [-0.1, -0.05) is 18.2 Å². The van der Waals surface area contributed by atoms with Crippen LogP contribution >= 0.6 is 0 Å². The molecule has 2 aromatic rings. The number of carbonyl (C=O) groups is 1. The van der Waals surface area contributed by atoms with Crippen molar-refractivity contribution in [1.82, 2.24) is 0 Å². The molecule has 0 bridgehead atoms. The van der Waals surface area contributed by atoms with Gasteiger partial charge in [0.05, 0.1) is 11.5 Å². The van der Waals surface area contributed by atoms with Crippen LogP contribution in [0.15, 0.2) is 42.5 Å². The van der Waals surface area contributed by atoms with Crippen LogP contribution in [0.5, 0.6) is 0 Å². The fraction of sp³-hybridized carbons (Fsp3) is 0.188. The molecule has 0 aromatic heterocycles. The predicted molar refractivity (Wildman–Crippen MR) is 73.9 cm³/mol.